The molecule has 0 fully saturated rings. The number of nitriles is 1. The van der Waals surface area contributed by atoms with Crippen LogP contribution in [0.15, 0.2) is 36.4 Å². The average Bonchev–Trinajstić information content (AvgIpc) is 2.40. The van der Waals surface area contributed by atoms with Gasteiger partial charge in [0, 0.05) is 19.3 Å². The van der Waals surface area contributed by atoms with Crippen LogP contribution in [0.25, 0.3) is 0 Å². The van der Waals surface area contributed by atoms with Crippen molar-refractivity contribution in [3.63, 3.8) is 0 Å². The van der Waals surface area contributed by atoms with Crippen LogP contribution in [0.1, 0.15) is 16.8 Å². The van der Waals surface area contributed by atoms with Crippen LogP contribution in [-0.4, -0.2) is 12.0 Å². The highest BCUT2D eigenvalue weighted by Gasteiger charge is 2.06. The lowest BCUT2D eigenvalue weighted by atomic mass is 10.2. The third kappa shape index (κ3) is 3.29. The van der Waals surface area contributed by atoms with Crippen molar-refractivity contribution < 1.29 is 4.39 Å². The molecule has 0 aliphatic carbocycles. The Balaban J connectivity index is 2.20. The molecule has 0 amide bonds. The van der Waals surface area contributed by atoms with Gasteiger partial charge >= 0.3 is 0 Å². The van der Waals surface area contributed by atoms with E-state index in [0.29, 0.717) is 12.1 Å². The molecule has 0 bridgehead atoms. The molecule has 4 heteroatoms. The molecular weight excluding hydrogens is 241 g/mol. The van der Waals surface area contributed by atoms with Gasteiger partial charge < -0.3 is 4.90 Å². The molecule has 0 aliphatic rings. The molecule has 1 aromatic heterocycles. The van der Waals surface area contributed by atoms with Gasteiger partial charge in [0.25, 0.3) is 0 Å². The van der Waals surface area contributed by atoms with E-state index in [0.717, 1.165) is 17.1 Å². The predicted octanol–water partition coefficient (Wildman–Crippen LogP) is 3.04. The molecule has 0 saturated carbocycles. The molecule has 19 heavy (non-hydrogen) atoms. The third-order valence-electron chi connectivity index (χ3n) is 2.79. The Kier molecular flexibility index (Phi) is 3.76. The number of benzene rings is 1. The molecule has 1 aromatic carbocycles. The number of pyridine rings is 1. The SMILES string of the molecule is Cc1cc(C#N)cc(N(C)Cc2ccc(F)cc2)n1. The lowest BCUT2D eigenvalue weighted by Crippen LogP contribution is -2.18. The number of aromatic nitrogens is 1. The number of hydrogen-bond acceptors (Lipinski definition) is 3. The van der Waals surface area contributed by atoms with E-state index in [4.69, 9.17) is 5.26 Å². The summed E-state index contributed by atoms with van der Waals surface area (Å²) < 4.78 is 12.8. The largest absolute Gasteiger partial charge is 0.355 e. The molecule has 1 heterocycles. The monoisotopic (exact) mass is 255 g/mol. The van der Waals surface area contributed by atoms with Gasteiger partial charge in [-0.25, -0.2) is 9.37 Å². The van der Waals surface area contributed by atoms with Crippen LogP contribution in [0.3, 0.4) is 0 Å². The van der Waals surface area contributed by atoms with Gasteiger partial charge in [0.15, 0.2) is 0 Å². The van der Waals surface area contributed by atoms with Gasteiger partial charge in [-0.3, -0.25) is 0 Å². The number of halogens is 1. The Bertz CT molecular complexity index is 614. The lowest BCUT2D eigenvalue weighted by Gasteiger charge is -2.19. The Labute approximate surface area is 111 Å². The minimum atomic E-state index is -0.244. The number of aryl methyl sites for hydroxylation is 1. The summed E-state index contributed by atoms with van der Waals surface area (Å²) in [6.07, 6.45) is 0. The molecule has 0 unspecified atom stereocenters. The molecule has 3 nitrogen and oxygen atoms in total. The van der Waals surface area contributed by atoms with Crippen molar-refractivity contribution in [1.29, 1.82) is 5.26 Å². The van der Waals surface area contributed by atoms with Gasteiger partial charge in [-0.2, -0.15) is 5.26 Å². The fourth-order valence-corrected chi connectivity index (χ4v) is 1.86. The summed E-state index contributed by atoms with van der Waals surface area (Å²) in [4.78, 5) is 6.33. The van der Waals surface area contributed by atoms with E-state index in [9.17, 15) is 4.39 Å². The summed E-state index contributed by atoms with van der Waals surface area (Å²) in [5.41, 5.74) is 2.39. The first-order chi connectivity index (χ1) is 9.08. The van der Waals surface area contributed by atoms with Gasteiger partial charge in [0.05, 0.1) is 11.6 Å². The summed E-state index contributed by atoms with van der Waals surface area (Å²) in [5, 5.41) is 8.95. The van der Waals surface area contributed by atoms with E-state index >= 15 is 0 Å². The summed E-state index contributed by atoms with van der Waals surface area (Å²) in [6, 6.07) is 12.0. The van der Waals surface area contributed by atoms with Crippen LogP contribution >= 0.6 is 0 Å². The lowest BCUT2D eigenvalue weighted by molar-refractivity contribution is 0.627. The molecule has 0 saturated heterocycles. The first-order valence-electron chi connectivity index (χ1n) is 5.93. The number of anilines is 1. The zero-order chi connectivity index (χ0) is 13.8. The highest BCUT2D eigenvalue weighted by atomic mass is 19.1. The van der Waals surface area contributed by atoms with Gasteiger partial charge in [-0.15, -0.1) is 0 Å². The highest BCUT2D eigenvalue weighted by Crippen LogP contribution is 2.16. The van der Waals surface area contributed by atoms with Gasteiger partial charge in [0.2, 0.25) is 0 Å². The molecule has 0 radical (unpaired) electrons. The average molecular weight is 255 g/mol. The number of hydrogen-bond donors (Lipinski definition) is 0. The summed E-state index contributed by atoms with van der Waals surface area (Å²) in [6.45, 7) is 2.47. The van der Waals surface area contributed by atoms with Gasteiger partial charge in [-0.05, 0) is 36.8 Å². The molecule has 2 rings (SSSR count). The topological polar surface area (TPSA) is 39.9 Å². The molecule has 0 aliphatic heterocycles. The maximum Gasteiger partial charge on any atom is 0.130 e. The van der Waals surface area contributed by atoms with Crippen LogP contribution in [0.4, 0.5) is 10.2 Å². The Morgan fingerprint density at radius 2 is 1.95 bits per heavy atom. The minimum Gasteiger partial charge on any atom is -0.355 e. The van der Waals surface area contributed by atoms with E-state index in [1.54, 1.807) is 24.3 Å². The molecule has 0 atom stereocenters. The van der Waals surface area contributed by atoms with Crippen LogP contribution in [0.2, 0.25) is 0 Å². The van der Waals surface area contributed by atoms with Crippen LogP contribution in [0, 0.1) is 24.1 Å². The van der Waals surface area contributed by atoms with Gasteiger partial charge in [0.1, 0.15) is 11.6 Å². The zero-order valence-electron chi connectivity index (χ0n) is 10.9. The minimum absolute atomic E-state index is 0.244. The fraction of sp³-hybridized carbons (Fsp3) is 0.200. The standard InChI is InChI=1S/C15H14FN3/c1-11-7-13(9-17)8-15(18-11)19(2)10-12-3-5-14(16)6-4-12/h3-8H,10H2,1-2H3. The summed E-state index contributed by atoms with van der Waals surface area (Å²) in [7, 11) is 1.90. The van der Waals surface area contributed by atoms with E-state index in [2.05, 4.69) is 11.1 Å². The first-order valence-corrected chi connectivity index (χ1v) is 5.93. The van der Waals surface area contributed by atoms with E-state index < -0.39 is 0 Å². The maximum atomic E-state index is 12.8. The van der Waals surface area contributed by atoms with Crippen molar-refractivity contribution in [1.82, 2.24) is 4.98 Å². The van der Waals surface area contributed by atoms with E-state index in [-0.39, 0.29) is 5.82 Å². The molecule has 2 aromatic rings. The first kappa shape index (κ1) is 13.0. The Hall–Kier alpha value is -2.41. The Morgan fingerprint density at radius 1 is 1.26 bits per heavy atom. The summed E-state index contributed by atoms with van der Waals surface area (Å²) >= 11 is 0. The fourth-order valence-electron chi connectivity index (χ4n) is 1.86. The van der Waals surface area contributed by atoms with Crippen molar-refractivity contribution >= 4 is 5.82 Å². The third-order valence-corrected chi connectivity index (χ3v) is 2.79. The van der Waals surface area contributed by atoms with E-state index in [1.807, 2.05) is 18.9 Å². The van der Waals surface area contributed by atoms with Gasteiger partial charge in [-0.1, -0.05) is 12.1 Å². The molecule has 96 valence electrons. The second kappa shape index (κ2) is 5.49. The van der Waals surface area contributed by atoms with E-state index in [1.165, 1.54) is 12.1 Å². The van der Waals surface area contributed by atoms with Crippen molar-refractivity contribution in [3.8, 4) is 6.07 Å². The molecule has 0 spiro atoms. The normalized spacial score (nSPS) is 10.0. The van der Waals surface area contributed by atoms with Crippen LogP contribution in [-0.2, 0) is 6.54 Å². The zero-order valence-corrected chi connectivity index (χ0v) is 10.9. The van der Waals surface area contributed by atoms with Crippen molar-refractivity contribution in [3.05, 3.63) is 59.0 Å². The van der Waals surface area contributed by atoms with Crippen LogP contribution in [0.5, 0.6) is 0 Å². The predicted molar refractivity (Wildman–Crippen MR) is 72.2 cm³/mol. The van der Waals surface area contributed by atoms with Crippen molar-refractivity contribution in [2.45, 2.75) is 13.5 Å². The summed E-state index contributed by atoms with van der Waals surface area (Å²) in [5.74, 6) is 0.493. The maximum absolute atomic E-state index is 12.8. The van der Waals surface area contributed by atoms with Crippen molar-refractivity contribution in [2.75, 3.05) is 11.9 Å². The second-order valence-electron chi connectivity index (χ2n) is 4.45. The number of nitrogens with zero attached hydrogens (tertiary/aromatic N) is 3. The molecular formula is C15H14FN3. The smallest absolute Gasteiger partial charge is 0.130 e. The highest BCUT2D eigenvalue weighted by molar-refractivity contribution is 5.46. The quantitative estimate of drug-likeness (QED) is 0.846. The second-order valence-corrected chi connectivity index (χ2v) is 4.45. The molecule has 0 N–H and O–H groups in total. The number of rotatable bonds is 3. The Morgan fingerprint density at radius 3 is 2.58 bits per heavy atom. The van der Waals surface area contributed by atoms with Crippen LogP contribution < -0.4 is 4.90 Å². The van der Waals surface area contributed by atoms with Crippen molar-refractivity contribution in [2.24, 2.45) is 0 Å².